The van der Waals surface area contributed by atoms with Crippen LogP contribution in [-0.4, -0.2) is 22.0 Å². The summed E-state index contributed by atoms with van der Waals surface area (Å²) in [4.78, 5) is 0. The lowest BCUT2D eigenvalue weighted by molar-refractivity contribution is 0.207. The van der Waals surface area contributed by atoms with Gasteiger partial charge in [0.15, 0.2) is 0 Å². The van der Waals surface area contributed by atoms with Crippen LogP contribution in [0.25, 0.3) is 0 Å². The zero-order valence-electron chi connectivity index (χ0n) is 11.6. The molecule has 0 aliphatic rings. The first-order valence-electron chi connectivity index (χ1n) is 6.58. The Morgan fingerprint density at radius 2 is 2.11 bits per heavy atom. The van der Waals surface area contributed by atoms with E-state index >= 15 is 0 Å². The van der Waals surface area contributed by atoms with Gasteiger partial charge >= 0.3 is 0 Å². The summed E-state index contributed by atoms with van der Waals surface area (Å²) in [5.74, 6) is 0.745. The van der Waals surface area contributed by atoms with Crippen LogP contribution in [0.15, 0.2) is 30.3 Å². The van der Waals surface area contributed by atoms with Gasteiger partial charge in [-0.25, -0.2) is 0 Å². The third-order valence-electron chi connectivity index (χ3n) is 3.21. The van der Waals surface area contributed by atoms with Crippen molar-refractivity contribution in [3.05, 3.63) is 47.3 Å². The average molecular weight is 260 g/mol. The Hall–Kier alpha value is -1.81. The van der Waals surface area contributed by atoms with Gasteiger partial charge in [-0.05, 0) is 37.1 Å². The van der Waals surface area contributed by atoms with Crippen molar-refractivity contribution >= 4 is 0 Å². The van der Waals surface area contributed by atoms with Crippen molar-refractivity contribution in [2.24, 2.45) is 0 Å². The zero-order valence-corrected chi connectivity index (χ0v) is 11.6. The van der Waals surface area contributed by atoms with Crippen molar-refractivity contribution < 1.29 is 9.84 Å². The molecule has 4 heteroatoms. The highest BCUT2D eigenvalue weighted by Crippen LogP contribution is 2.25. The van der Waals surface area contributed by atoms with E-state index in [1.807, 2.05) is 41.9 Å². The van der Waals surface area contributed by atoms with Crippen LogP contribution < -0.4 is 4.74 Å². The molecule has 0 bridgehead atoms. The molecule has 0 spiro atoms. The number of methoxy groups -OCH3 is 1. The predicted octanol–water partition coefficient (Wildman–Crippen LogP) is 2.56. The van der Waals surface area contributed by atoms with Crippen LogP contribution in [0.1, 0.15) is 36.9 Å². The first-order valence-corrected chi connectivity index (χ1v) is 6.58. The third-order valence-corrected chi connectivity index (χ3v) is 3.21. The van der Waals surface area contributed by atoms with Crippen LogP contribution in [0.4, 0.5) is 0 Å². The molecule has 19 heavy (non-hydrogen) atoms. The molecule has 1 aromatic heterocycles. The minimum Gasteiger partial charge on any atom is -0.497 e. The summed E-state index contributed by atoms with van der Waals surface area (Å²) in [6.07, 6.45) is 0.188. The summed E-state index contributed by atoms with van der Waals surface area (Å²) in [7, 11) is 1.62. The quantitative estimate of drug-likeness (QED) is 0.898. The number of rotatable bonds is 5. The van der Waals surface area contributed by atoms with Gasteiger partial charge in [0.1, 0.15) is 11.9 Å². The minimum absolute atomic E-state index is 0.678. The monoisotopic (exact) mass is 260 g/mol. The third kappa shape index (κ3) is 2.79. The molecule has 4 nitrogen and oxygen atoms in total. The van der Waals surface area contributed by atoms with Gasteiger partial charge in [0.2, 0.25) is 0 Å². The molecule has 1 N–H and O–H groups in total. The number of hydrogen-bond donors (Lipinski definition) is 1. The maximum Gasteiger partial charge on any atom is 0.121 e. The zero-order chi connectivity index (χ0) is 13.8. The van der Waals surface area contributed by atoms with E-state index in [1.54, 1.807) is 7.11 Å². The van der Waals surface area contributed by atoms with Crippen molar-refractivity contribution in [1.29, 1.82) is 0 Å². The summed E-state index contributed by atoms with van der Waals surface area (Å²) >= 11 is 0. The van der Waals surface area contributed by atoms with E-state index in [9.17, 15) is 5.11 Å². The largest absolute Gasteiger partial charge is 0.497 e. The van der Waals surface area contributed by atoms with E-state index < -0.39 is 6.10 Å². The molecule has 0 saturated heterocycles. The van der Waals surface area contributed by atoms with Crippen LogP contribution in [-0.2, 0) is 13.0 Å². The van der Waals surface area contributed by atoms with Gasteiger partial charge in [-0.1, -0.05) is 19.1 Å². The molecule has 2 rings (SSSR count). The molecule has 0 fully saturated rings. The molecular weight excluding hydrogens is 240 g/mol. The fourth-order valence-electron chi connectivity index (χ4n) is 2.12. The number of ether oxygens (including phenoxy) is 1. The van der Waals surface area contributed by atoms with Crippen LogP contribution >= 0.6 is 0 Å². The van der Waals surface area contributed by atoms with Gasteiger partial charge in [-0.15, -0.1) is 0 Å². The van der Waals surface area contributed by atoms with E-state index in [1.165, 1.54) is 0 Å². The Balaban J connectivity index is 2.36. The van der Waals surface area contributed by atoms with E-state index in [2.05, 4.69) is 12.0 Å². The van der Waals surface area contributed by atoms with Crippen molar-refractivity contribution in [2.45, 2.75) is 32.9 Å². The molecule has 102 valence electrons. The number of aromatic nitrogens is 2. The first kappa shape index (κ1) is 13.6. The Morgan fingerprint density at radius 3 is 2.74 bits per heavy atom. The Labute approximate surface area is 113 Å². The second-order valence-electron chi connectivity index (χ2n) is 4.41. The highest BCUT2D eigenvalue weighted by atomic mass is 16.5. The fraction of sp³-hybridized carbons (Fsp3) is 0.400. The van der Waals surface area contributed by atoms with E-state index in [0.717, 1.165) is 35.7 Å². The number of aliphatic hydroxyl groups excluding tert-OH is 1. The number of benzene rings is 1. The summed E-state index contributed by atoms with van der Waals surface area (Å²) in [5, 5.41) is 15.0. The van der Waals surface area contributed by atoms with Crippen molar-refractivity contribution in [3.8, 4) is 5.75 Å². The maximum absolute atomic E-state index is 10.5. The normalized spacial score (nSPS) is 12.4. The lowest BCUT2D eigenvalue weighted by Gasteiger charge is -2.13. The van der Waals surface area contributed by atoms with Crippen LogP contribution in [0.2, 0.25) is 0 Å². The molecule has 0 amide bonds. The summed E-state index contributed by atoms with van der Waals surface area (Å²) in [6, 6.07) is 9.46. The Bertz CT molecular complexity index is 549. The lowest BCUT2D eigenvalue weighted by atomic mass is 10.1. The van der Waals surface area contributed by atoms with Gasteiger partial charge in [-0.2, -0.15) is 5.10 Å². The lowest BCUT2D eigenvalue weighted by Crippen LogP contribution is -2.09. The number of hydrogen-bond acceptors (Lipinski definition) is 3. The minimum atomic E-state index is -0.678. The number of aliphatic hydroxyl groups is 1. The average Bonchev–Trinajstić information content (AvgIpc) is 2.89. The fourth-order valence-corrected chi connectivity index (χ4v) is 2.12. The molecule has 1 unspecified atom stereocenters. The van der Waals surface area contributed by atoms with Crippen molar-refractivity contribution in [1.82, 2.24) is 9.78 Å². The van der Waals surface area contributed by atoms with Crippen LogP contribution in [0, 0.1) is 0 Å². The standard InChI is InChI=1S/C15H20N2O2/c1-4-12-10-14(17(5-2)16-12)15(18)11-7-6-8-13(9-11)19-3/h6-10,15,18H,4-5H2,1-3H3. The molecular formula is C15H20N2O2. The molecule has 0 aliphatic carbocycles. The van der Waals surface area contributed by atoms with Crippen molar-refractivity contribution in [3.63, 3.8) is 0 Å². The van der Waals surface area contributed by atoms with Gasteiger partial charge < -0.3 is 9.84 Å². The summed E-state index contributed by atoms with van der Waals surface area (Å²) in [6.45, 7) is 4.83. The second-order valence-corrected chi connectivity index (χ2v) is 4.41. The van der Waals surface area contributed by atoms with Crippen molar-refractivity contribution in [2.75, 3.05) is 7.11 Å². The summed E-state index contributed by atoms with van der Waals surface area (Å²) in [5.41, 5.74) is 2.64. The second kappa shape index (κ2) is 5.89. The molecule has 1 atom stereocenters. The smallest absolute Gasteiger partial charge is 0.121 e. The van der Waals surface area contributed by atoms with Gasteiger partial charge in [-0.3, -0.25) is 4.68 Å². The Morgan fingerprint density at radius 1 is 1.32 bits per heavy atom. The molecule has 2 aromatic rings. The molecule has 0 aliphatic heterocycles. The Kier molecular flexibility index (Phi) is 4.22. The molecule has 0 saturated carbocycles. The predicted molar refractivity (Wildman–Crippen MR) is 74.3 cm³/mol. The first-order chi connectivity index (χ1) is 9.19. The van der Waals surface area contributed by atoms with E-state index in [-0.39, 0.29) is 0 Å². The summed E-state index contributed by atoms with van der Waals surface area (Å²) < 4.78 is 7.04. The highest BCUT2D eigenvalue weighted by molar-refractivity contribution is 5.34. The van der Waals surface area contributed by atoms with Gasteiger partial charge in [0.05, 0.1) is 18.5 Å². The van der Waals surface area contributed by atoms with E-state index in [0.29, 0.717) is 0 Å². The highest BCUT2D eigenvalue weighted by Gasteiger charge is 2.17. The number of nitrogens with zero attached hydrogens (tertiary/aromatic N) is 2. The molecule has 1 aromatic carbocycles. The molecule has 1 heterocycles. The SMILES string of the molecule is CCc1cc(C(O)c2cccc(OC)c2)n(CC)n1. The van der Waals surface area contributed by atoms with Gasteiger partial charge in [0, 0.05) is 6.54 Å². The topological polar surface area (TPSA) is 47.3 Å². The van der Waals surface area contributed by atoms with Crippen LogP contribution in [0.3, 0.4) is 0 Å². The van der Waals surface area contributed by atoms with Crippen LogP contribution in [0.5, 0.6) is 5.75 Å². The van der Waals surface area contributed by atoms with Gasteiger partial charge in [0.25, 0.3) is 0 Å². The van der Waals surface area contributed by atoms with E-state index in [4.69, 9.17) is 4.74 Å². The molecule has 0 radical (unpaired) electrons. The number of aryl methyl sites for hydroxylation is 2. The maximum atomic E-state index is 10.5.